The fourth-order valence-electron chi connectivity index (χ4n) is 7.54. The molecule has 0 aromatic heterocycles. The maximum atomic E-state index is 13.3. The second kappa shape index (κ2) is 5.48. The Kier molecular flexibility index (Phi) is 3.86. The van der Waals surface area contributed by atoms with Crippen molar-refractivity contribution in [3.63, 3.8) is 0 Å². The Labute approximate surface area is 154 Å². The molecule has 4 saturated carbocycles. The molecule has 0 heterocycles. The van der Waals surface area contributed by atoms with Gasteiger partial charge in [0.15, 0.2) is 11.6 Å². The summed E-state index contributed by atoms with van der Waals surface area (Å²) in [7, 11) is 0. The summed E-state index contributed by atoms with van der Waals surface area (Å²) in [6, 6.07) is 0. The van der Waals surface area contributed by atoms with Crippen LogP contribution in [0.15, 0.2) is 0 Å². The third kappa shape index (κ3) is 2.02. The van der Waals surface area contributed by atoms with Crippen LogP contribution in [-0.2, 0) is 14.4 Å². The minimum atomic E-state index is -1.40. The van der Waals surface area contributed by atoms with E-state index in [0.29, 0.717) is 19.3 Å². The largest absolute Gasteiger partial charge is 0.385 e. The minimum absolute atomic E-state index is 0.0918. The summed E-state index contributed by atoms with van der Waals surface area (Å²) in [5.41, 5.74) is -2.45. The Morgan fingerprint density at radius 3 is 2.38 bits per heavy atom. The van der Waals surface area contributed by atoms with Crippen LogP contribution in [0.3, 0.4) is 0 Å². The molecule has 4 fully saturated rings. The third-order valence-corrected chi connectivity index (χ3v) is 8.99. The summed E-state index contributed by atoms with van der Waals surface area (Å²) in [6.07, 6.45) is 2.99. The molecule has 5 heteroatoms. The first kappa shape index (κ1) is 18.3. The number of ketones is 3. The first-order chi connectivity index (χ1) is 12.1. The number of aliphatic hydroxyl groups excluding tert-OH is 1. The van der Waals surface area contributed by atoms with Crippen LogP contribution in [0.2, 0.25) is 0 Å². The number of hydrogen-bond acceptors (Lipinski definition) is 5. The molecule has 4 rings (SSSR count). The molecule has 0 radical (unpaired) electrons. The monoisotopic (exact) mass is 362 g/mol. The normalized spacial score (nSPS) is 53.7. The number of hydrogen-bond donors (Lipinski definition) is 2. The molecule has 4 aliphatic rings. The van der Waals surface area contributed by atoms with Gasteiger partial charge in [-0.05, 0) is 62.2 Å². The van der Waals surface area contributed by atoms with E-state index in [2.05, 4.69) is 6.92 Å². The molecule has 5 nitrogen and oxygen atoms in total. The fourth-order valence-corrected chi connectivity index (χ4v) is 7.54. The van der Waals surface area contributed by atoms with Crippen LogP contribution in [-0.4, -0.2) is 39.3 Å². The summed E-state index contributed by atoms with van der Waals surface area (Å²) >= 11 is 0. The Hall–Kier alpha value is -1.07. The number of carbonyl (C=O) groups excluding carboxylic acids is 3. The summed E-state index contributed by atoms with van der Waals surface area (Å²) in [5.74, 6) is -0.243. The van der Waals surface area contributed by atoms with Crippen molar-refractivity contribution in [2.45, 2.75) is 77.4 Å². The van der Waals surface area contributed by atoms with Crippen molar-refractivity contribution in [3.8, 4) is 0 Å². The number of aliphatic hydroxyl groups is 2. The molecule has 0 aliphatic heterocycles. The Bertz CT molecular complexity index is 686. The van der Waals surface area contributed by atoms with E-state index in [1.165, 1.54) is 6.92 Å². The molecule has 2 unspecified atom stereocenters. The number of carbonyl (C=O) groups is 3. The zero-order valence-electron chi connectivity index (χ0n) is 16.0. The Morgan fingerprint density at radius 1 is 1.04 bits per heavy atom. The molecule has 0 aromatic rings. The quantitative estimate of drug-likeness (QED) is 0.745. The second-order valence-electron chi connectivity index (χ2n) is 9.86. The van der Waals surface area contributed by atoms with Crippen molar-refractivity contribution in [2.75, 3.05) is 0 Å². The van der Waals surface area contributed by atoms with Crippen LogP contribution in [0.4, 0.5) is 0 Å². The van der Waals surface area contributed by atoms with E-state index in [1.807, 2.05) is 6.92 Å². The SMILES string of the molecule is CC(=O)[C@@]1(O)CC[C@H]2[C@@H]3CCC4C(O)C(=O)CC[C@]4(C)[C@H]3C(=O)C[C@@]21C. The lowest BCUT2D eigenvalue weighted by Gasteiger charge is -2.60. The van der Waals surface area contributed by atoms with Gasteiger partial charge in [0.25, 0.3) is 0 Å². The van der Waals surface area contributed by atoms with E-state index in [1.54, 1.807) is 0 Å². The van der Waals surface area contributed by atoms with Crippen LogP contribution < -0.4 is 0 Å². The lowest BCUT2D eigenvalue weighted by atomic mass is 9.43. The molecular weight excluding hydrogens is 332 g/mol. The predicted molar refractivity (Wildman–Crippen MR) is 94.1 cm³/mol. The lowest BCUT2D eigenvalue weighted by Crippen LogP contribution is -2.63. The molecule has 2 N–H and O–H groups in total. The van der Waals surface area contributed by atoms with E-state index in [9.17, 15) is 24.6 Å². The van der Waals surface area contributed by atoms with Gasteiger partial charge in [-0.2, -0.15) is 0 Å². The van der Waals surface area contributed by atoms with Crippen molar-refractivity contribution in [1.82, 2.24) is 0 Å². The highest BCUT2D eigenvalue weighted by Crippen LogP contribution is 2.67. The van der Waals surface area contributed by atoms with Crippen molar-refractivity contribution >= 4 is 17.3 Å². The van der Waals surface area contributed by atoms with Gasteiger partial charge >= 0.3 is 0 Å². The minimum Gasteiger partial charge on any atom is -0.385 e. The summed E-state index contributed by atoms with van der Waals surface area (Å²) in [4.78, 5) is 37.6. The van der Waals surface area contributed by atoms with E-state index in [4.69, 9.17) is 0 Å². The van der Waals surface area contributed by atoms with Gasteiger partial charge in [-0.25, -0.2) is 0 Å². The molecule has 0 aromatic carbocycles. The Balaban J connectivity index is 1.73. The summed E-state index contributed by atoms with van der Waals surface area (Å²) in [5, 5.41) is 21.6. The van der Waals surface area contributed by atoms with Gasteiger partial charge in [-0.15, -0.1) is 0 Å². The van der Waals surface area contributed by atoms with Crippen molar-refractivity contribution < 1.29 is 24.6 Å². The summed E-state index contributed by atoms with van der Waals surface area (Å²) in [6.45, 7) is 5.44. The third-order valence-electron chi connectivity index (χ3n) is 8.99. The van der Waals surface area contributed by atoms with Gasteiger partial charge in [0, 0.05) is 24.2 Å². The first-order valence-corrected chi connectivity index (χ1v) is 10.0. The first-order valence-electron chi connectivity index (χ1n) is 10.0. The fraction of sp³-hybridized carbons (Fsp3) is 0.857. The zero-order valence-corrected chi connectivity index (χ0v) is 16.0. The van der Waals surface area contributed by atoms with Crippen LogP contribution in [0.5, 0.6) is 0 Å². The lowest BCUT2D eigenvalue weighted by molar-refractivity contribution is -0.183. The van der Waals surface area contributed by atoms with Gasteiger partial charge < -0.3 is 10.2 Å². The highest BCUT2D eigenvalue weighted by Gasteiger charge is 2.69. The molecule has 0 bridgehead atoms. The van der Waals surface area contributed by atoms with E-state index in [-0.39, 0.29) is 52.9 Å². The summed E-state index contributed by atoms with van der Waals surface area (Å²) < 4.78 is 0. The van der Waals surface area contributed by atoms with E-state index < -0.39 is 17.1 Å². The topological polar surface area (TPSA) is 91.7 Å². The van der Waals surface area contributed by atoms with E-state index >= 15 is 0 Å². The van der Waals surface area contributed by atoms with E-state index in [0.717, 1.165) is 19.3 Å². The number of Topliss-reactive ketones (excluding diaryl/α,β-unsaturated/α-hetero) is 3. The van der Waals surface area contributed by atoms with Gasteiger partial charge in [-0.3, -0.25) is 14.4 Å². The highest BCUT2D eigenvalue weighted by molar-refractivity contribution is 5.91. The smallest absolute Gasteiger partial charge is 0.161 e. The number of rotatable bonds is 1. The van der Waals surface area contributed by atoms with Gasteiger partial charge in [0.2, 0.25) is 0 Å². The highest BCUT2D eigenvalue weighted by atomic mass is 16.3. The molecular formula is C21H30O5. The molecule has 0 amide bonds. The van der Waals surface area contributed by atoms with Gasteiger partial charge in [0.05, 0.1) is 0 Å². The average molecular weight is 362 g/mol. The Morgan fingerprint density at radius 2 is 1.73 bits per heavy atom. The predicted octanol–water partition coefficient (Wildman–Crippen LogP) is 2.07. The molecule has 144 valence electrons. The second-order valence-corrected chi connectivity index (χ2v) is 9.86. The van der Waals surface area contributed by atoms with Gasteiger partial charge in [-0.1, -0.05) is 13.8 Å². The standard InChI is InChI=1S/C21H30O5/c1-11(22)21(26)9-6-13-12-4-5-14-18(25)15(23)7-8-19(14,2)17(12)16(24)10-20(13,21)3/h12-14,17-18,25-26H,4-10H2,1-3H3/t12-,13-,14?,17+,18?,19-,20-,21-/m0/s1. The zero-order chi connectivity index (χ0) is 19.1. The number of fused-ring (bicyclic) bond motifs is 5. The average Bonchev–Trinajstić information content (AvgIpc) is 2.83. The maximum Gasteiger partial charge on any atom is 0.161 e. The molecule has 26 heavy (non-hydrogen) atoms. The molecule has 8 atom stereocenters. The molecule has 0 saturated heterocycles. The van der Waals surface area contributed by atoms with Crippen LogP contribution >= 0.6 is 0 Å². The van der Waals surface area contributed by atoms with Crippen LogP contribution in [0, 0.1) is 34.5 Å². The van der Waals surface area contributed by atoms with Gasteiger partial charge in [0.1, 0.15) is 17.5 Å². The molecule has 0 spiro atoms. The van der Waals surface area contributed by atoms with Crippen LogP contribution in [0.1, 0.15) is 65.7 Å². The molecule has 4 aliphatic carbocycles. The van der Waals surface area contributed by atoms with Crippen molar-refractivity contribution in [1.29, 1.82) is 0 Å². The maximum absolute atomic E-state index is 13.3. The van der Waals surface area contributed by atoms with Crippen molar-refractivity contribution in [3.05, 3.63) is 0 Å². The van der Waals surface area contributed by atoms with Crippen molar-refractivity contribution in [2.24, 2.45) is 34.5 Å². The van der Waals surface area contributed by atoms with Crippen LogP contribution in [0.25, 0.3) is 0 Å².